The normalized spacial score (nSPS) is 19.5. The predicted octanol–water partition coefficient (Wildman–Crippen LogP) is 2.65. The zero-order chi connectivity index (χ0) is 13.7. The van der Waals surface area contributed by atoms with Crippen molar-refractivity contribution in [2.24, 2.45) is 0 Å². The standard InChI is InChI=1S/C12H19ClN4OS/c1-3-6-18-12-15-10(13)14-11(16-12)17-5-7-19-9(4-2)8-17/h9H,3-8H2,1-2H3. The highest BCUT2D eigenvalue weighted by atomic mass is 35.5. The van der Waals surface area contributed by atoms with Crippen molar-refractivity contribution in [2.75, 3.05) is 30.3 Å². The van der Waals surface area contributed by atoms with E-state index in [9.17, 15) is 0 Å². The number of nitrogens with zero attached hydrogens (tertiary/aromatic N) is 4. The maximum atomic E-state index is 5.94. The van der Waals surface area contributed by atoms with Crippen LogP contribution in [0.4, 0.5) is 5.95 Å². The summed E-state index contributed by atoms with van der Waals surface area (Å²) in [5, 5.41) is 0.826. The minimum Gasteiger partial charge on any atom is -0.463 e. The molecule has 1 unspecified atom stereocenters. The second kappa shape index (κ2) is 7.14. The summed E-state index contributed by atoms with van der Waals surface area (Å²) in [6.07, 6.45) is 2.07. The molecule has 0 aliphatic carbocycles. The molecule has 2 rings (SSSR count). The largest absolute Gasteiger partial charge is 0.463 e. The molecule has 0 amide bonds. The van der Waals surface area contributed by atoms with Gasteiger partial charge in [0.2, 0.25) is 11.2 Å². The average molecular weight is 303 g/mol. The third-order valence-corrected chi connectivity index (χ3v) is 4.43. The van der Waals surface area contributed by atoms with Crippen LogP contribution in [0.3, 0.4) is 0 Å². The molecule has 0 N–H and O–H groups in total. The van der Waals surface area contributed by atoms with Gasteiger partial charge in [0.05, 0.1) is 6.61 Å². The molecule has 5 nitrogen and oxygen atoms in total. The van der Waals surface area contributed by atoms with Gasteiger partial charge in [-0.3, -0.25) is 0 Å². The monoisotopic (exact) mass is 302 g/mol. The van der Waals surface area contributed by atoms with E-state index in [0.29, 0.717) is 23.8 Å². The first-order chi connectivity index (χ1) is 9.22. The highest BCUT2D eigenvalue weighted by molar-refractivity contribution is 8.00. The van der Waals surface area contributed by atoms with Gasteiger partial charge in [0.1, 0.15) is 0 Å². The van der Waals surface area contributed by atoms with Crippen molar-refractivity contribution in [3.05, 3.63) is 5.28 Å². The van der Waals surface area contributed by atoms with E-state index in [1.807, 2.05) is 18.7 Å². The lowest BCUT2D eigenvalue weighted by molar-refractivity contribution is 0.291. The number of thioether (sulfide) groups is 1. The van der Waals surface area contributed by atoms with Crippen LogP contribution in [0.1, 0.15) is 26.7 Å². The SMILES string of the molecule is CCCOc1nc(Cl)nc(N2CCSC(CC)C2)n1. The highest BCUT2D eigenvalue weighted by Crippen LogP contribution is 2.25. The number of ether oxygens (including phenoxy) is 1. The molecule has 1 aliphatic rings. The Morgan fingerprint density at radius 2 is 2.21 bits per heavy atom. The van der Waals surface area contributed by atoms with Crippen molar-refractivity contribution in [3.8, 4) is 6.01 Å². The van der Waals surface area contributed by atoms with E-state index in [4.69, 9.17) is 16.3 Å². The summed E-state index contributed by atoms with van der Waals surface area (Å²) < 4.78 is 5.44. The summed E-state index contributed by atoms with van der Waals surface area (Å²) in [5.41, 5.74) is 0. The van der Waals surface area contributed by atoms with E-state index in [-0.39, 0.29) is 5.28 Å². The molecule has 7 heteroatoms. The lowest BCUT2D eigenvalue weighted by Gasteiger charge is -2.31. The minimum atomic E-state index is 0.197. The molecular formula is C12H19ClN4OS. The number of hydrogen-bond acceptors (Lipinski definition) is 6. The summed E-state index contributed by atoms with van der Waals surface area (Å²) in [5.74, 6) is 1.72. The van der Waals surface area contributed by atoms with Crippen LogP contribution in [-0.4, -0.2) is 45.7 Å². The average Bonchev–Trinajstić information content (AvgIpc) is 2.44. The lowest BCUT2D eigenvalue weighted by atomic mass is 10.3. The number of halogens is 1. The van der Waals surface area contributed by atoms with Crippen molar-refractivity contribution in [1.82, 2.24) is 15.0 Å². The quantitative estimate of drug-likeness (QED) is 0.833. The van der Waals surface area contributed by atoms with Gasteiger partial charge in [-0.15, -0.1) is 0 Å². The molecule has 0 bridgehead atoms. The van der Waals surface area contributed by atoms with Crippen LogP contribution in [-0.2, 0) is 0 Å². The fourth-order valence-electron chi connectivity index (χ4n) is 1.87. The molecule has 0 radical (unpaired) electrons. The van der Waals surface area contributed by atoms with Crippen LogP contribution in [0.5, 0.6) is 6.01 Å². The number of aromatic nitrogens is 3. The second-order valence-electron chi connectivity index (χ2n) is 4.38. The van der Waals surface area contributed by atoms with Crippen molar-refractivity contribution in [3.63, 3.8) is 0 Å². The molecule has 1 aromatic heterocycles. The molecule has 1 atom stereocenters. The van der Waals surface area contributed by atoms with Crippen molar-refractivity contribution < 1.29 is 4.74 Å². The first-order valence-corrected chi connectivity index (χ1v) is 8.06. The third kappa shape index (κ3) is 4.11. The summed E-state index contributed by atoms with van der Waals surface area (Å²) in [6, 6.07) is 0.322. The van der Waals surface area contributed by atoms with Gasteiger partial charge in [-0.2, -0.15) is 26.7 Å². The molecule has 1 aromatic rings. The van der Waals surface area contributed by atoms with E-state index in [1.165, 1.54) is 0 Å². The molecule has 1 saturated heterocycles. The minimum absolute atomic E-state index is 0.197. The molecule has 0 saturated carbocycles. The van der Waals surface area contributed by atoms with Crippen LogP contribution in [0, 0.1) is 0 Å². The van der Waals surface area contributed by atoms with Crippen molar-refractivity contribution in [1.29, 1.82) is 0 Å². The molecule has 19 heavy (non-hydrogen) atoms. The number of rotatable bonds is 5. The Hall–Kier alpha value is -0.750. The number of anilines is 1. The van der Waals surface area contributed by atoms with Gasteiger partial charge in [-0.05, 0) is 24.4 Å². The molecule has 2 heterocycles. The Bertz CT molecular complexity index is 421. The molecule has 0 spiro atoms. The number of hydrogen-bond donors (Lipinski definition) is 0. The van der Waals surface area contributed by atoms with E-state index >= 15 is 0 Å². The van der Waals surface area contributed by atoms with Crippen LogP contribution < -0.4 is 9.64 Å². The first kappa shape index (κ1) is 14.7. The highest BCUT2D eigenvalue weighted by Gasteiger charge is 2.22. The second-order valence-corrected chi connectivity index (χ2v) is 6.13. The zero-order valence-corrected chi connectivity index (χ0v) is 12.9. The Labute approximate surface area is 123 Å². The van der Waals surface area contributed by atoms with Crippen LogP contribution in [0.15, 0.2) is 0 Å². The van der Waals surface area contributed by atoms with Crippen molar-refractivity contribution in [2.45, 2.75) is 31.9 Å². The molecular weight excluding hydrogens is 284 g/mol. The Morgan fingerprint density at radius 1 is 1.37 bits per heavy atom. The van der Waals surface area contributed by atoms with E-state index in [2.05, 4.69) is 26.8 Å². The maximum Gasteiger partial charge on any atom is 0.322 e. The Kier molecular flexibility index (Phi) is 5.51. The first-order valence-electron chi connectivity index (χ1n) is 6.63. The van der Waals surface area contributed by atoms with Gasteiger partial charge in [-0.1, -0.05) is 13.8 Å². The lowest BCUT2D eigenvalue weighted by Crippen LogP contribution is -2.38. The van der Waals surface area contributed by atoms with Crippen LogP contribution >= 0.6 is 23.4 Å². The van der Waals surface area contributed by atoms with Gasteiger partial charge >= 0.3 is 6.01 Å². The molecule has 106 valence electrons. The topological polar surface area (TPSA) is 51.1 Å². The predicted molar refractivity (Wildman–Crippen MR) is 79.4 cm³/mol. The fourth-order valence-corrected chi connectivity index (χ4v) is 3.20. The Morgan fingerprint density at radius 3 is 2.95 bits per heavy atom. The third-order valence-electron chi connectivity index (χ3n) is 2.89. The maximum absolute atomic E-state index is 5.94. The van der Waals surface area contributed by atoms with Crippen LogP contribution in [0.2, 0.25) is 5.28 Å². The van der Waals surface area contributed by atoms with Gasteiger partial charge in [0, 0.05) is 24.1 Å². The van der Waals surface area contributed by atoms with E-state index < -0.39 is 0 Å². The van der Waals surface area contributed by atoms with Gasteiger partial charge in [0.25, 0.3) is 0 Å². The van der Waals surface area contributed by atoms with Crippen molar-refractivity contribution >= 4 is 29.3 Å². The summed E-state index contributed by atoms with van der Waals surface area (Å²) in [6.45, 7) is 6.73. The van der Waals surface area contributed by atoms with Gasteiger partial charge < -0.3 is 9.64 Å². The smallest absolute Gasteiger partial charge is 0.322 e. The summed E-state index contributed by atoms with van der Waals surface area (Å²) >= 11 is 7.95. The molecule has 0 aromatic carbocycles. The Balaban J connectivity index is 2.11. The fraction of sp³-hybridized carbons (Fsp3) is 0.750. The van der Waals surface area contributed by atoms with E-state index in [0.717, 1.165) is 31.7 Å². The van der Waals surface area contributed by atoms with Gasteiger partial charge in [-0.25, -0.2) is 0 Å². The van der Waals surface area contributed by atoms with Crippen LogP contribution in [0.25, 0.3) is 0 Å². The summed E-state index contributed by atoms with van der Waals surface area (Å²) in [7, 11) is 0. The van der Waals surface area contributed by atoms with Gasteiger partial charge in [0.15, 0.2) is 0 Å². The molecule has 1 fully saturated rings. The summed E-state index contributed by atoms with van der Waals surface area (Å²) in [4.78, 5) is 14.7. The zero-order valence-electron chi connectivity index (χ0n) is 11.3. The molecule has 1 aliphatic heterocycles. The van der Waals surface area contributed by atoms with E-state index in [1.54, 1.807) is 0 Å².